The Morgan fingerprint density at radius 1 is 1.32 bits per heavy atom. The first-order valence-corrected chi connectivity index (χ1v) is 6.72. The molecule has 0 spiro atoms. The zero-order valence-corrected chi connectivity index (χ0v) is 11.5. The Morgan fingerprint density at radius 3 is 2.84 bits per heavy atom. The van der Waals surface area contributed by atoms with Gasteiger partial charge in [0, 0.05) is 19.3 Å². The molecule has 2 aromatic rings. The molecule has 1 heterocycles. The summed E-state index contributed by atoms with van der Waals surface area (Å²) in [4.78, 5) is 4.48. The summed E-state index contributed by atoms with van der Waals surface area (Å²) in [6.45, 7) is 7.50. The Bertz CT molecular complexity index is 514. The molecule has 1 aromatic carbocycles. The van der Waals surface area contributed by atoms with Crippen molar-refractivity contribution in [3.05, 3.63) is 60.4 Å². The van der Waals surface area contributed by atoms with Crippen LogP contribution < -0.4 is 5.32 Å². The van der Waals surface area contributed by atoms with Gasteiger partial charge < -0.3 is 9.88 Å². The van der Waals surface area contributed by atoms with E-state index in [-0.39, 0.29) is 0 Å². The molecule has 19 heavy (non-hydrogen) atoms. The van der Waals surface area contributed by atoms with Gasteiger partial charge in [0.2, 0.25) is 5.95 Å². The lowest BCUT2D eigenvalue weighted by Gasteiger charge is -2.07. The summed E-state index contributed by atoms with van der Waals surface area (Å²) in [5, 5.41) is 3.39. The average molecular weight is 255 g/mol. The average Bonchev–Trinajstić information content (AvgIpc) is 2.77. The van der Waals surface area contributed by atoms with Gasteiger partial charge in [0.05, 0.1) is 5.69 Å². The molecular weight excluding hydrogens is 234 g/mol. The monoisotopic (exact) mass is 255 g/mol. The van der Waals surface area contributed by atoms with Crippen LogP contribution in [0.2, 0.25) is 0 Å². The molecule has 0 radical (unpaired) electrons. The maximum Gasteiger partial charge on any atom is 0.203 e. The van der Waals surface area contributed by atoms with E-state index in [0.717, 1.165) is 37.6 Å². The molecule has 0 amide bonds. The lowest BCUT2D eigenvalue weighted by molar-refractivity contribution is 0.797. The second-order valence-electron chi connectivity index (χ2n) is 4.66. The van der Waals surface area contributed by atoms with Crippen LogP contribution in [-0.2, 0) is 13.0 Å². The number of nitrogens with one attached hydrogen (secondary N) is 1. The summed E-state index contributed by atoms with van der Waals surface area (Å²) < 4.78 is 2.09. The molecule has 2 rings (SSSR count). The summed E-state index contributed by atoms with van der Waals surface area (Å²) in [6, 6.07) is 10.6. The Kier molecular flexibility index (Phi) is 4.78. The van der Waals surface area contributed by atoms with Crippen LogP contribution in [0.3, 0.4) is 0 Å². The zero-order valence-electron chi connectivity index (χ0n) is 11.5. The summed E-state index contributed by atoms with van der Waals surface area (Å²) in [6.07, 6.45) is 6.12. The lowest BCUT2D eigenvalue weighted by atomic mass is 10.1. The van der Waals surface area contributed by atoms with Gasteiger partial charge in [0.15, 0.2) is 0 Å². The summed E-state index contributed by atoms with van der Waals surface area (Å²) >= 11 is 0. The van der Waals surface area contributed by atoms with E-state index in [0.29, 0.717) is 0 Å². The smallest absolute Gasteiger partial charge is 0.203 e. The maximum absolute atomic E-state index is 4.48. The van der Waals surface area contributed by atoms with Crippen molar-refractivity contribution in [3.63, 3.8) is 0 Å². The second-order valence-corrected chi connectivity index (χ2v) is 4.66. The van der Waals surface area contributed by atoms with Gasteiger partial charge in [-0.25, -0.2) is 4.98 Å². The molecule has 100 valence electrons. The predicted octanol–water partition coefficient (Wildman–Crippen LogP) is 3.42. The molecule has 0 bridgehead atoms. The lowest BCUT2D eigenvalue weighted by Crippen LogP contribution is -2.08. The quantitative estimate of drug-likeness (QED) is 0.607. The number of nitrogens with zero attached hydrogens (tertiary/aromatic N) is 2. The van der Waals surface area contributed by atoms with Crippen molar-refractivity contribution >= 4 is 5.95 Å². The zero-order chi connectivity index (χ0) is 13.5. The largest absolute Gasteiger partial charge is 0.356 e. The molecule has 0 atom stereocenters. The molecule has 0 aliphatic carbocycles. The van der Waals surface area contributed by atoms with E-state index in [9.17, 15) is 0 Å². The molecule has 1 N–H and O–H groups in total. The highest BCUT2D eigenvalue weighted by Crippen LogP contribution is 2.09. The number of imidazole rings is 1. The SMILES string of the molecule is C=CCn1cc(C)nc1NCCCc1ccccc1. The minimum atomic E-state index is 0.794. The number of allylic oxidation sites excluding steroid dienone is 1. The molecule has 0 saturated carbocycles. The van der Waals surface area contributed by atoms with Gasteiger partial charge >= 0.3 is 0 Å². The fraction of sp³-hybridized carbons (Fsp3) is 0.312. The fourth-order valence-electron chi connectivity index (χ4n) is 2.10. The minimum absolute atomic E-state index is 0.794. The molecular formula is C16H21N3. The van der Waals surface area contributed by atoms with Crippen molar-refractivity contribution < 1.29 is 0 Å². The van der Waals surface area contributed by atoms with E-state index in [1.165, 1.54) is 5.56 Å². The van der Waals surface area contributed by atoms with E-state index in [4.69, 9.17) is 0 Å². The van der Waals surface area contributed by atoms with Gasteiger partial charge in [-0.2, -0.15) is 0 Å². The van der Waals surface area contributed by atoms with E-state index in [2.05, 4.69) is 51.8 Å². The summed E-state index contributed by atoms with van der Waals surface area (Å²) in [5.74, 6) is 0.936. The van der Waals surface area contributed by atoms with Crippen LogP contribution in [0.5, 0.6) is 0 Å². The topological polar surface area (TPSA) is 29.9 Å². The van der Waals surface area contributed by atoms with E-state index >= 15 is 0 Å². The van der Waals surface area contributed by atoms with Crippen molar-refractivity contribution in [2.24, 2.45) is 0 Å². The predicted molar refractivity (Wildman–Crippen MR) is 80.4 cm³/mol. The first-order valence-electron chi connectivity index (χ1n) is 6.72. The third-order valence-electron chi connectivity index (χ3n) is 2.99. The van der Waals surface area contributed by atoms with Crippen molar-refractivity contribution in [1.29, 1.82) is 0 Å². The molecule has 3 heteroatoms. The highest BCUT2D eigenvalue weighted by molar-refractivity contribution is 5.29. The van der Waals surface area contributed by atoms with Gasteiger partial charge in [-0.1, -0.05) is 36.4 Å². The highest BCUT2D eigenvalue weighted by atomic mass is 15.2. The van der Waals surface area contributed by atoms with Crippen LogP contribution in [-0.4, -0.2) is 16.1 Å². The Balaban J connectivity index is 1.81. The molecule has 0 saturated heterocycles. The van der Waals surface area contributed by atoms with Crippen LogP contribution in [0.1, 0.15) is 17.7 Å². The van der Waals surface area contributed by atoms with Crippen LogP contribution in [0, 0.1) is 6.92 Å². The fourth-order valence-corrected chi connectivity index (χ4v) is 2.10. The number of aryl methyl sites for hydroxylation is 2. The first kappa shape index (κ1) is 13.4. The van der Waals surface area contributed by atoms with Crippen LogP contribution >= 0.6 is 0 Å². The minimum Gasteiger partial charge on any atom is -0.356 e. The van der Waals surface area contributed by atoms with Crippen molar-refractivity contribution in [2.75, 3.05) is 11.9 Å². The maximum atomic E-state index is 4.48. The number of aromatic nitrogens is 2. The molecule has 3 nitrogen and oxygen atoms in total. The second kappa shape index (κ2) is 6.78. The van der Waals surface area contributed by atoms with Gasteiger partial charge in [-0.05, 0) is 25.3 Å². The number of hydrogen-bond acceptors (Lipinski definition) is 2. The number of hydrogen-bond donors (Lipinski definition) is 1. The Hall–Kier alpha value is -2.03. The Labute approximate surface area is 115 Å². The third kappa shape index (κ3) is 3.98. The van der Waals surface area contributed by atoms with Crippen molar-refractivity contribution in [2.45, 2.75) is 26.3 Å². The Morgan fingerprint density at radius 2 is 2.11 bits per heavy atom. The standard InChI is InChI=1S/C16H21N3/c1-3-12-19-13-14(2)18-16(19)17-11-7-10-15-8-5-4-6-9-15/h3-6,8-9,13H,1,7,10-12H2,2H3,(H,17,18). The molecule has 1 aromatic heterocycles. The van der Waals surface area contributed by atoms with Crippen LogP contribution in [0.25, 0.3) is 0 Å². The molecule has 0 unspecified atom stereocenters. The van der Waals surface area contributed by atoms with Gasteiger partial charge in [0.1, 0.15) is 0 Å². The van der Waals surface area contributed by atoms with Crippen molar-refractivity contribution in [1.82, 2.24) is 9.55 Å². The third-order valence-corrected chi connectivity index (χ3v) is 2.99. The van der Waals surface area contributed by atoms with Crippen LogP contribution in [0.4, 0.5) is 5.95 Å². The van der Waals surface area contributed by atoms with Gasteiger partial charge in [-0.3, -0.25) is 0 Å². The number of anilines is 1. The number of rotatable bonds is 7. The van der Waals surface area contributed by atoms with Gasteiger partial charge in [-0.15, -0.1) is 6.58 Å². The summed E-state index contributed by atoms with van der Waals surface area (Å²) in [7, 11) is 0. The molecule has 0 aliphatic heterocycles. The normalized spacial score (nSPS) is 10.4. The van der Waals surface area contributed by atoms with E-state index < -0.39 is 0 Å². The highest BCUT2D eigenvalue weighted by Gasteiger charge is 2.03. The van der Waals surface area contributed by atoms with Crippen LogP contribution in [0.15, 0.2) is 49.2 Å². The molecule has 0 fully saturated rings. The summed E-state index contributed by atoms with van der Waals surface area (Å²) in [5.41, 5.74) is 2.42. The van der Waals surface area contributed by atoms with E-state index in [1.54, 1.807) is 0 Å². The molecule has 0 aliphatic rings. The van der Waals surface area contributed by atoms with Crippen molar-refractivity contribution in [3.8, 4) is 0 Å². The van der Waals surface area contributed by atoms with Gasteiger partial charge in [0.25, 0.3) is 0 Å². The first-order chi connectivity index (χ1) is 9.29. The number of benzene rings is 1. The van der Waals surface area contributed by atoms with E-state index in [1.807, 2.05) is 19.2 Å².